The SMILES string of the molecule is COc1ccc(S(=O)(=O)NC(CC(C)C)C(=O)NCCN(C(C)C)C(C)C)cc1. The van der Waals surface area contributed by atoms with Gasteiger partial charge in [-0.3, -0.25) is 9.69 Å². The predicted molar refractivity (Wildman–Crippen MR) is 117 cm³/mol. The van der Waals surface area contributed by atoms with E-state index in [0.29, 0.717) is 37.3 Å². The Morgan fingerprint density at radius 2 is 1.59 bits per heavy atom. The summed E-state index contributed by atoms with van der Waals surface area (Å²) in [5.74, 6) is 0.427. The molecule has 8 heteroatoms. The number of hydrogen-bond acceptors (Lipinski definition) is 5. The average molecular weight is 428 g/mol. The van der Waals surface area contributed by atoms with Gasteiger partial charge in [0.1, 0.15) is 11.8 Å². The van der Waals surface area contributed by atoms with Crippen LogP contribution in [0.15, 0.2) is 29.2 Å². The number of nitrogens with one attached hydrogen (secondary N) is 2. The quantitative estimate of drug-likeness (QED) is 0.535. The summed E-state index contributed by atoms with van der Waals surface area (Å²) in [5, 5.41) is 2.89. The molecule has 0 radical (unpaired) electrons. The standard InChI is InChI=1S/C21H37N3O4S/c1-15(2)14-20(21(25)22-12-13-24(16(3)4)17(5)6)23-29(26,27)19-10-8-18(28-7)9-11-19/h8-11,15-17,20,23H,12-14H2,1-7H3,(H,22,25). The van der Waals surface area contributed by atoms with Crippen LogP contribution in [0.4, 0.5) is 0 Å². The fourth-order valence-corrected chi connectivity index (χ4v) is 4.44. The van der Waals surface area contributed by atoms with E-state index < -0.39 is 16.1 Å². The second-order valence-corrected chi connectivity index (χ2v) is 9.91. The fraction of sp³-hybridized carbons (Fsp3) is 0.667. The molecular weight excluding hydrogens is 390 g/mol. The lowest BCUT2D eigenvalue weighted by Crippen LogP contribution is -2.49. The van der Waals surface area contributed by atoms with Crippen molar-refractivity contribution in [1.82, 2.24) is 14.9 Å². The first-order chi connectivity index (χ1) is 13.5. The van der Waals surface area contributed by atoms with Gasteiger partial charge in [-0.2, -0.15) is 4.72 Å². The Morgan fingerprint density at radius 3 is 2.03 bits per heavy atom. The molecule has 2 N–H and O–H groups in total. The van der Waals surface area contributed by atoms with Crippen LogP contribution in [0, 0.1) is 5.92 Å². The Morgan fingerprint density at radius 1 is 1.03 bits per heavy atom. The molecule has 0 aromatic heterocycles. The van der Waals surface area contributed by atoms with Gasteiger partial charge in [0.15, 0.2) is 0 Å². The van der Waals surface area contributed by atoms with E-state index in [-0.39, 0.29) is 16.7 Å². The number of nitrogens with zero attached hydrogens (tertiary/aromatic N) is 1. The largest absolute Gasteiger partial charge is 0.497 e. The minimum absolute atomic E-state index is 0.102. The van der Waals surface area contributed by atoms with Crippen molar-refractivity contribution in [3.63, 3.8) is 0 Å². The Hall–Kier alpha value is -1.64. The molecule has 1 atom stereocenters. The molecule has 0 heterocycles. The molecular formula is C21H37N3O4S. The van der Waals surface area contributed by atoms with Crippen LogP contribution < -0.4 is 14.8 Å². The number of amides is 1. The Bertz CT molecular complexity index is 723. The third kappa shape index (κ3) is 8.32. The van der Waals surface area contributed by atoms with E-state index in [4.69, 9.17) is 4.74 Å². The van der Waals surface area contributed by atoms with Crippen molar-refractivity contribution in [2.45, 2.75) is 71.0 Å². The minimum atomic E-state index is -3.82. The summed E-state index contributed by atoms with van der Waals surface area (Å²) >= 11 is 0. The topological polar surface area (TPSA) is 87.7 Å². The molecule has 1 unspecified atom stereocenters. The number of benzene rings is 1. The zero-order chi connectivity index (χ0) is 22.2. The van der Waals surface area contributed by atoms with Gasteiger partial charge in [-0.15, -0.1) is 0 Å². The molecule has 0 aliphatic rings. The van der Waals surface area contributed by atoms with E-state index >= 15 is 0 Å². The van der Waals surface area contributed by atoms with Crippen LogP contribution in [0.1, 0.15) is 48.0 Å². The highest BCUT2D eigenvalue weighted by Gasteiger charge is 2.26. The molecule has 0 aliphatic heterocycles. The highest BCUT2D eigenvalue weighted by molar-refractivity contribution is 7.89. The van der Waals surface area contributed by atoms with Gasteiger partial charge in [-0.25, -0.2) is 8.42 Å². The molecule has 0 spiro atoms. The minimum Gasteiger partial charge on any atom is -0.497 e. The summed E-state index contributed by atoms with van der Waals surface area (Å²) in [6, 6.07) is 6.01. The van der Waals surface area contributed by atoms with Crippen LogP contribution in [-0.4, -0.2) is 57.5 Å². The maximum atomic E-state index is 12.7. The number of carbonyl (C=O) groups is 1. The highest BCUT2D eigenvalue weighted by Crippen LogP contribution is 2.17. The van der Waals surface area contributed by atoms with Gasteiger partial charge >= 0.3 is 0 Å². The molecule has 0 fully saturated rings. The summed E-state index contributed by atoms with van der Waals surface area (Å²) in [4.78, 5) is 15.1. The van der Waals surface area contributed by atoms with Crippen LogP contribution >= 0.6 is 0 Å². The summed E-state index contributed by atoms with van der Waals surface area (Å²) in [6.07, 6.45) is 0.416. The monoisotopic (exact) mass is 427 g/mol. The van der Waals surface area contributed by atoms with Crippen LogP contribution in [0.2, 0.25) is 0 Å². The van der Waals surface area contributed by atoms with E-state index in [2.05, 4.69) is 42.6 Å². The smallest absolute Gasteiger partial charge is 0.241 e. The Labute approximate surface area is 176 Å². The zero-order valence-electron chi connectivity index (χ0n) is 18.7. The van der Waals surface area contributed by atoms with Gasteiger partial charge in [0.05, 0.1) is 12.0 Å². The van der Waals surface area contributed by atoms with Crippen molar-refractivity contribution < 1.29 is 17.9 Å². The van der Waals surface area contributed by atoms with Crippen molar-refractivity contribution in [2.75, 3.05) is 20.2 Å². The van der Waals surface area contributed by atoms with Crippen molar-refractivity contribution in [2.24, 2.45) is 5.92 Å². The fourth-order valence-electron chi connectivity index (χ4n) is 3.23. The number of methoxy groups -OCH3 is 1. The third-order valence-electron chi connectivity index (χ3n) is 4.69. The zero-order valence-corrected chi connectivity index (χ0v) is 19.5. The predicted octanol–water partition coefficient (Wildman–Crippen LogP) is 2.62. The molecule has 0 aliphatic carbocycles. The van der Waals surface area contributed by atoms with Gasteiger partial charge in [0.2, 0.25) is 15.9 Å². The van der Waals surface area contributed by atoms with E-state index in [1.165, 1.54) is 19.2 Å². The molecule has 166 valence electrons. The first-order valence-corrected chi connectivity index (χ1v) is 11.7. The van der Waals surface area contributed by atoms with E-state index in [9.17, 15) is 13.2 Å². The Balaban J connectivity index is 2.83. The highest BCUT2D eigenvalue weighted by atomic mass is 32.2. The average Bonchev–Trinajstić information content (AvgIpc) is 2.63. The molecule has 1 aromatic carbocycles. The van der Waals surface area contributed by atoms with E-state index in [0.717, 1.165) is 0 Å². The van der Waals surface area contributed by atoms with Crippen LogP contribution in [0.3, 0.4) is 0 Å². The molecule has 29 heavy (non-hydrogen) atoms. The van der Waals surface area contributed by atoms with E-state index in [1.807, 2.05) is 13.8 Å². The summed E-state index contributed by atoms with van der Waals surface area (Å²) < 4.78 is 33.1. The Kier molecular flexibility index (Phi) is 10.1. The molecule has 0 bridgehead atoms. The van der Waals surface area contributed by atoms with Crippen LogP contribution in [0.25, 0.3) is 0 Å². The van der Waals surface area contributed by atoms with Gasteiger partial charge in [-0.05, 0) is 64.3 Å². The number of hydrogen-bond donors (Lipinski definition) is 2. The van der Waals surface area contributed by atoms with Gasteiger partial charge in [0, 0.05) is 25.2 Å². The maximum Gasteiger partial charge on any atom is 0.241 e. The number of sulfonamides is 1. The molecule has 7 nitrogen and oxygen atoms in total. The summed E-state index contributed by atoms with van der Waals surface area (Å²) in [6.45, 7) is 13.6. The molecule has 1 rings (SSSR count). The number of ether oxygens (including phenoxy) is 1. The lowest BCUT2D eigenvalue weighted by molar-refractivity contribution is -0.123. The van der Waals surface area contributed by atoms with Gasteiger partial charge in [0.25, 0.3) is 0 Å². The molecule has 1 aromatic rings. The van der Waals surface area contributed by atoms with Gasteiger partial charge in [-0.1, -0.05) is 13.8 Å². The second-order valence-electron chi connectivity index (χ2n) is 8.20. The molecule has 0 saturated carbocycles. The van der Waals surface area contributed by atoms with Crippen molar-refractivity contribution in [3.8, 4) is 5.75 Å². The van der Waals surface area contributed by atoms with Crippen LogP contribution in [0.5, 0.6) is 5.75 Å². The first kappa shape index (κ1) is 25.4. The second kappa shape index (κ2) is 11.5. The normalized spacial score (nSPS) is 13.3. The maximum absolute atomic E-state index is 12.7. The lowest BCUT2D eigenvalue weighted by atomic mass is 10.0. The summed E-state index contributed by atoms with van der Waals surface area (Å²) in [7, 11) is -2.30. The number of carbonyl (C=O) groups excluding carboxylic acids is 1. The molecule has 0 saturated heterocycles. The van der Waals surface area contributed by atoms with Crippen molar-refractivity contribution >= 4 is 15.9 Å². The van der Waals surface area contributed by atoms with Crippen molar-refractivity contribution in [1.29, 1.82) is 0 Å². The van der Waals surface area contributed by atoms with Crippen molar-refractivity contribution in [3.05, 3.63) is 24.3 Å². The van der Waals surface area contributed by atoms with Crippen LogP contribution in [-0.2, 0) is 14.8 Å². The third-order valence-corrected chi connectivity index (χ3v) is 6.17. The summed E-state index contributed by atoms with van der Waals surface area (Å²) in [5.41, 5.74) is 0. The van der Waals surface area contributed by atoms with Gasteiger partial charge < -0.3 is 10.1 Å². The first-order valence-electron chi connectivity index (χ1n) is 10.2. The number of rotatable bonds is 12. The lowest BCUT2D eigenvalue weighted by Gasteiger charge is -2.30. The molecule has 1 amide bonds. The van der Waals surface area contributed by atoms with E-state index in [1.54, 1.807) is 12.1 Å².